The van der Waals surface area contributed by atoms with Crippen LogP contribution in [0.3, 0.4) is 0 Å². The average Bonchev–Trinajstić information content (AvgIpc) is 2.59. The summed E-state index contributed by atoms with van der Waals surface area (Å²) in [6.45, 7) is 1.65. The normalized spacial score (nSPS) is 20.5. The molecule has 1 aromatic heterocycles. The van der Waals surface area contributed by atoms with E-state index >= 15 is 0 Å². The van der Waals surface area contributed by atoms with Crippen LogP contribution in [0.25, 0.3) is 0 Å². The number of halogens is 1. The Morgan fingerprint density at radius 3 is 2.80 bits per heavy atom. The first kappa shape index (κ1) is 11.1. The van der Waals surface area contributed by atoms with Gasteiger partial charge in [-0.1, -0.05) is 0 Å². The fraction of sp³-hybridized carbons (Fsp3) is 0.700. The van der Waals surface area contributed by atoms with Crippen LogP contribution in [0.1, 0.15) is 24.6 Å². The SMILES string of the molecule is Cn1ncc(Br)c1C(N)C1CCOCC1. The molecule has 1 fully saturated rings. The molecule has 84 valence electrons. The molecular formula is C10H16BrN3O. The number of aromatic nitrogens is 2. The minimum absolute atomic E-state index is 0.0516. The first-order chi connectivity index (χ1) is 7.20. The molecule has 0 aromatic carbocycles. The van der Waals surface area contributed by atoms with Crippen molar-refractivity contribution in [1.82, 2.24) is 9.78 Å². The monoisotopic (exact) mass is 273 g/mol. The minimum atomic E-state index is 0.0516. The van der Waals surface area contributed by atoms with Gasteiger partial charge in [-0.15, -0.1) is 0 Å². The molecule has 0 radical (unpaired) electrons. The molecule has 2 rings (SSSR count). The molecule has 0 saturated carbocycles. The minimum Gasteiger partial charge on any atom is -0.381 e. The number of hydrogen-bond donors (Lipinski definition) is 1. The standard InChI is InChI=1S/C10H16BrN3O/c1-14-10(8(11)6-13-14)9(12)7-2-4-15-5-3-7/h6-7,9H,2-5,12H2,1H3. The van der Waals surface area contributed by atoms with Crippen molar-refractivity contribution in [3.05, 3.63) is 16.4 Å². The highest BCUT2D eigenvalue weighted by molar-refractivity contribution is 9.10. The second-order valence-corrected chi connectivity index (χ2v) is 4.83. The molecule has 1 aliphatic heterocycles. The Morgan fingerprint density at radius 1 is 1.60 bits per heavy atom. The third-order valence-electron chi connectivity index (χ3n) is 3.03. The summed E-state index contributed by atoms with van der Waals surface area (Å²) in [5.74, 6) is 0.505. The number of rotatable bonds is 2. The molecule has 4 nitrogen and oxygen atoms in total. The first-order valence-corrected chi connectivity index (χ1v) is 6.00. The fourth-order valence-corrected chi connectivity index (χ4v) is 2.71. The van der Waals surface area contributed by atoms with E-state index in [2.05, 4.69) is 21.0 Å². The molecule has 0 bridgehead atoms. The lowest BCUT2D eigenvalue weighted by atomic mass is 9.90. The smallest absolute Gasteiger partial charge is 0.0693 e. The number of ether oxygens (including phenoxy) is 1. The summed E-state index contributed by atoms with van der Waals surface area (Å²) in [4.78, 5) is 0. The summed E-state index contributed by atoms with van der Waals surface area (Å²) >= 11 is 3.49. The maximum Gasteiger partial charge on any atom is 0.0693 e. The highest BCUT2D eigenvalue weighted by Crippen LogP contribution is 2.31. The predicted molar refractivity (Wildman–Crippen MR) is 61.4 cm³/mol. The van der Waals surface area contributed by atoms with E-state index in [-0.39, 0.29) is 6.04 Å². The van der Waals surface area contributed by atoms with Crippen LogP contribution in [-0.2, 0) is 11.8 Å². The zero-order valence-corrected chi connectivity index (χ0v) is 10.4. The largest absolute Gasteiger partial charge is 0.381 e. The predicted octanol–water partition coefficient (Wildman–Crippen LogP) is 1.61. The van der Waals surface area contributed by atoms with E-state index in [1.165, 1.54) is 0 Å². The first-order valence-electron chi connectivity index (χ1n) is 5.21. The molecule has 5 heteroatoms. The topological polar surface area (TPSA) is 53.1 Å². The maximum atomic E-state index is 6.27. The molecule has 1 saturated heterocycles. The lowest BCUT2D eigenvalue weighted by Crippen LogP contribution is -2.29. The van der Waals surface area contributed by atoms with Crippen molar-refractivity contribution in [3.63, 3.8) is 0 Å². The van der Waals surface area contributed by atoms with E-state index in [9.17, 15) is 0 Å². The molecule has 1 unspecified atom stereocenters. The van der Waals surface area contributed by atoms with Gasteiger partial charge in [0.25, 0.3) is 0 Å². The van der Waals surface area contributed by atoms with Gasteiger partial charge in [-0.2, -0.15) is 5.10 Å². The highest BCUT2D eigenvalue weighted by Gasteiger charge is 2.25. The zero-order chi connectivity index (χ0) is 10.8. The second kappa shape index (κ2) is 4.63. The van der Waals surface area contributed by atoms with Crippen LogP contribution < -0.4 is 5.73 Å². The Kier molecular flexibility index (Phi) is 3.43. The molecule has 2 heterocycles. The van der Waals surface area contributed by atoms with Crippen LogP contribution in [0.2, 0.25) is 0 Å². The van der Waals surface area contributed by atoms with Crippen molar-refractivity contribution in [3.8, 4) is 0 Å². The number of aryl methyl sites for hydroxylation is 1. The lowest BCUT2D eigenvalue weighted by molar-refractivity contribution is 0.0574. The van der Waals surface area contributed by atoms with Crippen LogP contribution in [0.4, 0.5) is 0 Å². The van der Waals surface area contributed by atoms with E-state index in [4.69, 9.17) is 10.5 Å². The van der Waals surface area contributed by atoms with Crippen LogP contribution in [0.5, 0.6) is 0 Å². The Bertz CT molecular complexity index is 314. The number of nitrogens with zero attached hydrogens (tertiary/aromatic N) is 2. The number of hydrogen-bond acceptors (Lipinski definition) is 3. The summed E-state index contributed by atoms with van der Waals surface area (Å²) in [6, 6.07) is 0.0516. The maximum absolute atomic E-state index is 6.27. The van der Waals surface area contributed by atoms with Crippen molar-refractivity contribution in [2.45, 2.75) is 18.9 Å². The van der Waals surface area contributed by atoms with Gasteiger partial charge in [-0.05, 0) is 34.7 Å². The molecule has 0 spiro atoms. The van der Waals surface area contributed by atoms with Gasteiger partial charge in [0.1, 0.15) is 0 Å². The molecule has 1 aromatic rings. The summed E-state index contributed by atoms with van der Waals surface area (Å²) in [5, 5.41) is 4.19. The Balaban J connectivity index is 2.15. The molecule has 2 N–H and O–H groups in total. The summed E-state index contributed by atoms with van der Waals surface area (Å²) < 4.78 is 8.19. The zero-order valence-electron chi connectivity index (χ0n) is 8.82. The van der Waals surface area contributed by atoms with E-state index in [0.717, 1.165) is 36.2 Å². The van der Waals surface area contributed by atoms with Crippen molar-refractivity contribution >= 4 is 15.9 Å². The van der Waals surface area contributed by atoms with Crippen molar-refractivity contribution in [1.29, 1.82) is 0 Å². The van der Waals surface area contributed by atoms with Crippen LogP contribution in [0.15, 0.2) is 10.7 Å². The quantitative estimate of drug-likeness (QED) is 0.891. The van der Waals surface area contributed by atoms with Gasteiger partial charge in [0, 0.05) is 20.3 Å². The molecule has 0 amide bonds. The van der Waals surface area contributed by atoms with E-state index in [1.54, 1.807) is 6.20 Å². The van der Waals surface area contributed by atoms with Gasteiger partial charge in [0.05, 0.1) is 22.4 Å². The molecule has 0 aliphatic carbocycles. The van der Waals surface area contributed by atoms with Crippen molar-refractivity contribution < 1.29 is 4.74 Å². The number of nitrogens with two attached hydrogens (primary N) is 1. The Labute approximate surface area is 97.9 Å². The Hall–Kier alpha value is -0.390. The lowest BCUT2D eigenvalue weighted by Gasteiger charge is -2.27. The van der Waals surface area contributed by atoms with Crippen LogP contribution in [-0.4, -0.2) is 23.0 Å². The molecule has 15 heavy (non-hydrogen) atoms. The summed E-state index contributed by atoms with van der Waals surface area (Å²) in [6.07, 6.45) is 3.88. The van der Waals surface area contributed by atoms with Gasteiger partial charge in [0.15, 0.2) is 0 Å². The summed E-state index contributed by atoms with van der Waals surface area (Å²) in [5.41, 5.74) is 7.35. The van der Waals surface area contributed by atoms with Gasteiger partial charge < -0.3 is 10.5 Å². The van der Waals surface area contributed by atoms with Crippen LogP contribution in [0, 0.1) is 5.92 Å². The summed E-state index contributed by atoms with van der Waals surface area (Å²) in [7, 11) is 1.93. The van der Waals surface area contributed by atoms with Gasteiger partial charge in [-0.25, -0.2) is 0 Å². The van der Waals surface area contributed by atoms with Crippen molar-refractivity contribution in [2.24, 2.45) is 18.7 Å². The van der Waals surface area contributed by atoms with Crippen molar-refractivity contribution in [2.75, 3.05) is 13.2 Å². The Morgan fingerprint density at radius 2 is 2.27 bits per heavy atom. The fourth-order valence-electron chi connectivity index (χ4n) is 2.09. The molecule has 1 aliphatic rings. The second-order valence-electron chi connectivity index (χ2n) is 3.98. The van der Waals surface area contributed by atoms with Gasteiger partial charge in [-0.3, -0.25) is 4.68 Å². The van der Waals surface area contributed by atoms with E-state index in [1.807, 2.05) is 11.7 Å². The van der Waals surface area contributed by atoms with E-state index < -0.39 is 0 Å². The molecule has 1 atom stereocenters. The average molecular weight is 274 g/mol. The van der Waals surface area contributed by atoms with E-state index in [0.29, 0.717) is 5.92 Å². The molecular weight excluding hydrogens is 258 g/mol. The van der Waals surface area contributed by atoms with Gasteiger partial charge in [0.2, 0.25) is 0 Å². The third-order valence-corrected chi connectivity index (χ3v) is 3.64. The highest BCUT2D eigenvalue weighted by atomic mass is 79.9. The van der Waals surface area contributed by atoms with Crippen LogP contribution >= 0.6 is 15.9 Å². The third kappa shape index (κ3) is 2.24. The van der Waals surface area contributed by atoms with Gasteiger partial charge >= 0.3 is 0 Å².